The Morgan fingerprint density at radius 3 is 2.81 bits per heavy atom. The van der Waals surface area contributed by atoms with Crippen molar-refractivity contribution in [3.05, 3.63) is 54.1 Å². The first kappa shape index (κ1) is 17.2. The van der Waals surface area contributed by atoms with Crippen molar-refractivity contribution in [1.29, 1.82) is 0 Å². The molecule has 2 N–H and O–H groups in total. The van der Waals surface area contributed by atoms with Gasteiger partial charge in [-0.1, -0.05) is 12.1 Å². The van der Waals surface area contributed by atoms with E-state index in [1.165, 1.54) is 11.8 Å². The zero-order chi connectivity index (χ0) is 18.1. The normalized spacial score (nSPS) is 28.2. The quantitative estimate of drug-likeness (QED) is 0.804. The summed E-state index contributed by atoms with van der Waals surface area (Å²) in [4.78, 5) is 5.88. The van der Waals surface area contributed by atoms with Crippen molar-refractivity contribution < 1.29 is 19.3 Å². The first-order chi connectivity index (χ1) is 12.5. The van der Waals surface area contributed by atoms with Crippen molar-refractivity contribution in [3.63, 3.8) is 0 Å². The van der Waals surface area contributed by atoms with Gasteiger partial charge < -0.3 is 14.9 Å². The molecule has 0 bridgehead atoms. The maximum absolute atomic E-state index is 13.7. The first-order valence-electron chi connectivity index (χ1n) is 9.02. The van der Waals surface area contributed by atoms with E-state index < -0.39 is 11.5 Å². The molecule has 1 aromatic carbocycles. The molecule has 1 saturated carbocycles. The number of halogens is 1. The molecule has 1 aliphatic carbocycles. The fourth-order valence-corrected chi connectivity index (χ4v) is 4.23. The van der Waals surface area contributed by atoms with E-state index in [9.17, 15) is 14.6 Å². The number of fused-ring (bicyclic) bond motifs is 1. The van der Waals surface area contributed by atoms with Crippen LogP contribution in [-0.4, -0.2) is 51.4 Å². The predicted molar refractivity (Wildman–Crippen MR) is 94.5 cm³/mol. The third kappa shape index (κ3) is 3.52. The highest BCUT2D eigenvalue weighted by molar-refractivity contribution is 5.26. The highest BCUT2D eigenvalue weighted by Gasteiger charge is 2.52. The van der Waals surface area contributed by atoms with E-state index in [4.69, 9.17) is 4.74 Å². The van der Waals surface area contributed by atoms with Crippen LogP contribution in [-0.2, 0) is 6.42 Å². The molecule has 138 valence electrons. The Hall–Kier alpha value is -2.18. The summed E-state index contributed by atoms with van der Waals surface area (Å²) < 4.78 is 19.4. The fraction of sp³-hybridized carbons (Fsp3) is 0.450. The Kier molecular flexibility index (Phi) is 4.54. The van der Waals surface area contributed by atoms with Crippen molar-refractivity contribution in [2.45, 2.75) is 31.0 Å². The second kappa shape index (κ2) is 6.85. The molecule has 2 heterocycles. The van der Waals surface area contributed by atoms with Crippen LogP contribution in [0.2, 0.25) is 0 Å². The van der Waals surface area contributed by atoms with E-state index in [-0.39, 0.29) is 23.5 Å². The molecule has 0 amide bonds. The zero-order valence-electron chi connectivity index (χ0n) is 14.5. The molecule has 1 aromatic heterocycles. The number of nitrogens with zero attached hydrogens (tertiary/aromatic N) is 2. The van der Waals surface area contributed by atoms with Gasteiger partial charge in [-0.25, -0.2) is 4.98 Å². The van der Waals surface area contributed by atoms with Gasteiger partial charge in [0.1, 0.15) is 11.9 Å². The Morgan fingerprint density at radius 1 is 1.27 bits per heavy atom. The van der Waals surface area contributed by atoms with Crippen LogP contribution >= 0.6 is 0 Å². The molecule has 2 aromatic rings. The summed E-state index contributed by atoms with van der Waals surface area (Å²) in [6.07, 6.45) is 3.33. The van der Waals surface area contributed by atoms with Crippen molar-refractivity contribution >= 4 is 0 Å². The third-order valence-electron chi connectivity index (χ3n) is 5.54. The number of rotatable bonds is 5. The number of aromatic nitrogens is 1. The molecule has 4 rings (SSSR count). The Balaban J connectivity index is 1.31. The van der Waals surface area contributed by atoms with Crippen LogP contribution in [0.5, 0.6) is 11.5 Å². The van der Waals surface area contributed by atoms with Gasteiger partial charge >= 0.3 is 0 Å². The molecule has 26 heavy (non-hydrogen) atoms. The van der Waals surface area contributed by atoms with Gasteiger partial charge in [0.15, 0.2) is 5.75 Å². The Morgan fingerprint density at radius 2 is 2.08 bits per heavy atom. The lowest BCUT2D eigenvalue weighted by Crippen LogP contribution is -2.36. The first-order valence-corrected chi connectivity index (χ1v) is 9.02. The van der Waals surface area contributed by atoms with Gasteiger partial charge in [0, 0.05) is 38.2 Å². The molecule has 0 unspecified atom stereocenters. The number of aromatic hydroxyl groups is 1. The van der Waals surface area contributed by atoms with E-state index in [1.807, 2.05) is 12.1 Å². The number of aliphatic hydroxyl groups is 1. The average Bonchev–Trinajstić information content (AvgIpc) is 3.07. The lowest BCUT2D eigenvalue weighted by atomic mass is 9.95. The molecule has 1 saturated heterocycles. The van der Waals surface area contributed by atoms with Crippen molar-refractivity contribution in [2.24, 2.45) is 5.92 Å². The number of phenols is 1. The topological polar surface area (TPSA) is 65.8 Å². The Labute approximate surface area is 152 Å². The molecule has 0 radical (unpaired) electrons. The number of benzene rings is 1. The molecule has 6 heteroatoms. The molecule has 3 atom stereocenters. The van der Waals surface area contributed by atoms with Crippen LogP contribution in [0.15, 0.2) is 42.6 Å². The summed E-state index contributed by atoms with van der Waals surface area (Å²) in [6, 6.07) is 10.5. The summed E-state index contributed by atoms with van der Waals surface area (Å²) in [5.74, 6) is -0.0285. The highest BCUT2D eigenvalue weighted by atomic mass is 19.1. The summed E-state index contributed by atoms with van der Waals surface area (Å²) in [6.45, 7) is 2.31. The minimum Gasteiger partial charge on any atom is -0.508 e. The van der Waals surface area contributed by atoms with E-state index in [1.54, 1.807) is 24.3 Å². The summed E-state index contributed by atoms with van der Waals surface area (Å²) >= 11 is 0. The maximum Gasteiger partial charge on any atom is 0.255 e. The van der Waals surface area contributed by atoms with Crippen LogP contribution in [0.4, 0.5) is 4.39 Å². The van der Waals surface area contributed by atoms with Gasteiger partial charge in [-0.3, -0.25) is 4.90 Å². The number of likely N-dealkylation sites (tertiary alicyclic amines) is 1. The highest BCUT2D eigenvalue weighted by Crippen LogP contribution is 2.43. The van der Waals surface area contributed by atoms with Crippen LogP contribution < -0.4 is 4.74 Å². The minimum atomic E-state index is -0.766. The number of ether oxygens (including phenoxy) is 1. The van der Waals surface area contributed by atoms with Crippen molar-refractivity contribution in [1.82, 2.24) is 9.88 Å². The van der Waals surface area contributed by atoms with Crippen LogP contribution in [0.1, 0.15) is 18.4 Å². The molecular formula is C20H23FN2O3. The fourth-order valence-electron chi connectivity index (χ4n) is 4.23. The van der Waals surface area contributed by atoms with Gasteiger partial charge in [0.2, 0.25) is 0 Å². The lowest BCUT2D eigenvalue weighted by molar-refractivity contribution is 0.0217. The molecule has 0 spiro atoms. The predicted octanol–water partition coefficient (Wildman–Crippen LogP) is 2.37. The molecule has 1 aliphatic heterocycles. The van der Waals surface area contributed by atoms with Crippen LogP contribution in [0.3, 0.4) is 0 Å². The van der Waals surface area contributed by atoms with E-state index in [0.29, 0.717) is 13.0 Å². The van der Waals surface area contributed by atoms with E-state index >= 15 is 0 Å². The smallest absolute Gasteiger partial charge is 0.255 e. The minimum absolute atomic E-state index is 0.145. The summed E-state index contributed by atoms with van der Waals surface area (Å²) in [7, 11) is 0. The maximum atomic E-state index is 13.7. The number of β-amino-alcohol motifs (C(OH)–C–C–N with tert-alkyl or cyclic N) is 1. The van der Waals surface area contributed by atoms with Crippen molar-refractivity contribution in [2.75, 3.05) is 19.6 Å². The molecule has 2 aliphatic rings. The van der Waals surface area contributed by atoms with Gasteiger partial charge in [0.05, 0.1) is 5.60 Å². The number of hydrogen-bond acceptors (Lipinski definition) is 5. The summed E-state index contributed by atoms with van der Waals surface area (Å²) in [5.41, 5.74) is 0.401. The van der Waals surface area contributed by atoms with Crippen LogP contribution in [0.25, 0.3) is 0 Å². The standard InChI is InChI=1S/C20H23FN2O3/c21-19-18(2-1-8-22-19)26-17-10-15-12-23(13-20(15,25)11-17)9-7-14-3-5-16(24)6-4-14/h1-6,8,15,17,24-25H,7,9-13H2/t15-,17+,20-/m1/s1. The van der Waals surface area contributed by atoms with Gasteiger partial charge in [0.25, 0.3) is 5.95 Å². The molecule has 5 nitrogen and oxygen atoms in total. The average molecular weight is 358 g/mol. The molecule has 2 fully saturated rings. The second-order valence-corrected chi connectivity index (χ2v) is 7.42. The van der Waals surface area contributed by atoms with Crippen LogP contribution in [0, 0.1) is 11.9 Å². The van der Waals surface area contributed by atoms with Gasteiger partial charge in [-0.2, -0.15) is 4.39 Å². The lowest BCUT2D eigenvalue weighted by Gasteiger charge is -2.23. The Bertz CT molecular complexity index is 770. The number of pyridine rings is 1. The zero-order valence-corrected chi connectivity index (χ0v) is 14.5. The van der Waals surface area contributed by atoms with E-state index in [2.05, 4.69) is 9.88 Å². The van der Waals surface area contributed by atoms with Crippen molar-refractivity contribution in [3.8, 4) is 11.5 Å². The van der Waals surface area contributed by atoms with Gasteiger partial charge in [-0.05, 0) is 42.7 Å². The second-order valence-electron chi connectivity index (χ2n) is 7.42. The van der Waals surface area contributed by atoms with E-state index in [0.717, 1.165) is 25.9 Å². The molecular weight excluding hydrogens is 335 g/mol. The largest absolute Gasteiger partial charge is 0.508 e. The SMILES string of the molecule is Oc1ccc(CCN2C[C@H]3C[C@H](Oc4cccnc4F)C[C@@]3(O)C2)cc1. The van der Waals surface area contributed by atoms with Gasteiger partial charge in [-0.15, -0.1) is 0 Å². The number of phenolic OH excluding ortho intramolecular Hbond substituents is 1. The third-order valence-corrected chi connectivity index (χ3v) is 5.54. The summed E-state index contributed by atoms with van der Waals surface area (Å²) in [5, 5.41) is 20.3. The number of hydrogen-bond donors (Lipinski definition) is 2. The monoisotopic (exact) mass is 358 g/mol.